The largest absolute Gasteiger partial charge is 0.389 e. The van der Waals surface area contributed by atoms with Crippen LogP contribution in [0.3, 0.4) is 0 Å². The molecule has 2 saturated carbocycles. The van der Waals surface area contributed by atoms with E-state index in [0.29, 0.717) is 23.0 Å². The predicted molar refractivity (Wildman–Crippen MR) is 92.2 cm³/mol. The molecule has 0 aliphatic heterocycles. The molecule has 3 rings (SSSR count). The van der Waals surface area contributed by atoms with Crippen LogP contribution in [0.4, 0.5) is 5.69 Å². The molecule has 5 heteroatoms. The summed E-state index contributed by atoms with van der Waals surface area (Å²) in [5.41, 5.74) is 7.13. The molecule has 2 aliphatic carbocycles. The molecular weight excluding hydrogens is 348 g/mol. The lowest BCUT2D eigenvalue weighted by molar-refractivity contribution is -0.117. The maximum absolute atomic E-state index is 12.3. The minimum atomic E-state index is 0.0724. The first-order valence-corrected chi connectivity index (χ1v) is 8.62. The average Bonchev–Trinajstić information content (AvgIpc) is 3.00. The Labute approximate surface area is 138 Å². The molecule has 21 heavy (non-hydrogen) atoms. The molecule has 1 amide bonds. The van der Waals surface area contributed by atoms with Gasteiger partial charge in [-0.2, -0.15) is 0 Å². The van der Waals surface area contributed by atoms with Gasteiger partial charge in [-0.15, -0.1) is 0 Å². The van der Waals surface area contributed by atoms with Crippen LogP contribution in [-0.2, 0) is 4.79 Å². The minimum absolute atomic E-state index is 0.0724. The van der Waals surface area contributed by atoms with Crippen LogP contribution in [0.25, 0.3) is 0 Å². The first kappa shape index (κ1) is 15.0. The second-order valence-electron chi connectivity index (χ2n) is 6.24. The van der Waals surface area contributed by atoms with Gasteiger partial charge >= 0.3 is 0 Å². The maximum atomic E-state index is 12.3. The highest BCUT2D eigenvalue weighted by Gasteiger charge is 2.40. The lowest BCUT2D eigenvalue weighted by Gasteiger charge is -2.21. The number of hydrogen-bond acceptors (Lipinski definition) is 2. The third-order valence-corrected chi connectivity index (χ3v) is 5.57. The highest BCUT2D eigenvalue weighted by molar-refractivity contribution is 9.10. The molecule has 0 radical (unpaired) electrons. The molecule has 3 unspecified atom stereocenters. The number of nitrogens with two attached hydrogens (primary N) is 1. The number of anilines is 1. The molecule has 3 atom stereocenters. The van der Waals surface area contributed by atoms with E-state index in [9.17, 15) is 4.79 Å². The van der Waals surface area contributed by atoms with Gasteiger partial charge in [0.1, 0.15) is 4.99 Å². The average molecular weight is 367 g/mol. The van der Waals surface area contributed by atoms with E-state index >= 15 is 0 Å². The highest BCUT2D eigenvalue weighted by Crippen LogP contribution is 2.49. The number of amides is 1. The van der Waals surface area contributed by atoms with Gasteiger partial charge in [-0.1, -0.05) is 34.6 Å². The standard InChI is InChI=1S/C16H19BrN2OS/c17-12-3-4-13(16(18)21)14(8-12)19-15(20)7-11-6-9-1-2-10(11)5-9/h3-4,8-11H,1-2,5-7H2,(H2,18,21)(H,19,20). The zero-order valence-electron chi connectivity index (χ0n) is 11.8. The summed E-state index contributed by atoms with van der Waals surface area (Å²) in [6.07, 6.45) is 5.83. The molecule has 0 spiro atoms. The van der Waals surface area contributed by atoms with Crippen molar-refractivity contribution in [3.8, 4) is 0 Å². The van der Waals surface area contributed by atoms with E-state index in [1.54, 1.807) is 0 Å². The fraction of sp³-hybridized carbons (Fsp3) is 0.500. The van der Waals surface area contributed by atoms with Crippen LogP contribution in [0.1, 0.15) is 37.7 Å². The fourth-order valence-electron chi connectivity index (χ4n) is 3.90. The van der Waals surface area contributed by atoms with Crippen LogP contribution in [-0.4, -0.2) is 10.9 Å². The van der Waals surface area contributed by atoms with Crippen LogP contribution in [0.5, 0.6) is 0 Å². The Balaban J connectivity index is 1.67. The van der Waals surface area contributed by atoms with Crippen molar-refractivity contribution in [1.29, 1.82) is 0 Å². The Bertz CT molecular complexity index is 590. The number of thiocarbonyl (C=S) groups is 1. The molecule has 0 aromatic heterocycles. The number of benzene rings is 1. The third-order valence-electron chi connectivity index (χ3n) is 4.85. The van der Waals surface area contributed by atoms with Crippen molar-refractivity contribution < 1.29 is 4.79 Å². The van der Waals surface area contributed by atoms with E-state index in [1.807, 2.05) is 18.2 Å². The van der Waals surface area contributed by atoms with Crippen LogP contribution >= 0.6 is 28.1 Å². The SMILES string of the molecule is NC(=S)c1ccc(Br)cc1NC(=O)CC1CC2CCC1C2. The summed E-state index contributed by atoms with van der Waals surface area (Å²) in [6.45, 7) is 0. The Kier molecular flexibility index (Phi) is 4.31. The summed E-state index contributed by atoms with van der Waals surface area (Å²) in [4.78, 5) is 12.6. The molecule has 2 aliphatic rings. The minimum Gasteiger partial charge on any atom is -0.389 e. The first-order valence-electron chi connectivity index (χ1n) is 7.42. The maximum Gasteiger partial charge on any atom is 0.224 e. The van der Waals surface area contributed by atoms with Gasteiger partial charge in [-0.05, 0) is 55.2 Å². The number of nitrogens with one attached hydrogen (secondary N) is 1. The zero-order valence-corrected chi connectivity index (χ0v) is 14.2. The number of hydrogen-bond donors (Lipinski definition) is 2. The molecule has 2 fully saturated rings. The molecule has 2 bridgehead atoms. The van der Waals surface area contributed by atoms with Gasteiger partial charge < -0.3 is 11.1 Å². The predicted octanol–water partition coefficient (Wildman–Crippen LogP) is 3.85. The number of carbonyl (C=O) groups is 1. The van der Waals surface area contributed by atoms with Crippen LogP contribution in [0.15, 0.2) is 22.7 Å². The van der Waals surface area contributed by atoms with Gasteiger partial charge in [0.05, 0.1) is 5.69 Å². The lowest BCUT2D eigenvalue weighted by atomic mass is 9.86. The van der Waals surface area contributed by atoms with Crippen molar-refractivity contribution in [2.24, 2.45) is 23.5 Å². The van der Waals surface area contributed by atoms with Gasteiger partial charge in [-0.3, -0.25) is 4.79 Å². The summed E-state index contributed by atoms with van der Waals surface area (Å²) in [5, 5.41) is 2.98. The molecule has 0 heterocycles. The van der Waals surface area contributed by atoms with Crippen molar-refractivity contribution in [2.45, 2.75) is 32.1 Å². The van der Waals surface area contributed by atoms with Gasteiger partial charge in [0.25, 0.3) is 0 Å². The summed E-state index contributed by atoms with van der Waals surface area (Å²) in [6, 6.07) is 5.56. The fourth-order valence-corrected chi connectivity index (χ4v) is 4.44. The van der Waals surface area contributed by atoms with Crippen LogP contribution in [0, 0.1) is 17.8 Å². The summed E-state index contributed by atoms with van der Waals surface area (Å²) in [7, 11) is 0. The lowest BCUT2D eigenvalue weighted by Crippen LogP contribution is -2.22. The van der Waals surface area contributed by atoms with E-state index in [2.05, 4.69) is 21.2 Å². The van der Waals surface area contributed by atoms with Crippen molar-refractivity contribution in [3.63, 3.8) is 0 Å². The molecular formula is C16H19BrN2OS. The van der Waals surface area contributed by atoms with Gasteiger partial charge in [0.2, 0.25) is 5.91 Å². The van der Waals surface area contributed by atoms with Crippen molar-refractivity contribution in [1.82, 2.24) is 0 Å². The monoisotopic (exact) mass is 366 g/mol. The second-order valence-corrected chi connectivity index (χ2v) is 7.60. The summed E-state index contributed by atoms with van der Waals surface area (Å²) >= 11 is 8.46. The quantitative estimate of drug-likeness (QED) is 0.795. The zero-order chi connectivity index (χ0) is 15.0. The summed E-state index contributed by atoms with van der Waals surface area (Å²) < 4.78 is 0.901. The van der Waals surface area contributed by atoms with E-state index in [4.69, 9.17) is 18.0 Å². The topological polar surface area (TPSA) is 55.1 Å². The number of rotatable bonds is 4. The van der Waals surface area contributed by atoms with Crippen molar-refractivity contribution in [3.05, 3.63) is 28.2 Å². The number of halogens is 1. The van der Waals surface area contributed by atoms with Crippen LogP contribution < -0.4 is 11.1 Å². The molecule has 1 aromatic carbocycles. The van der Waals surface area contributed by atoms with Gasteiger partial charge in [0.15, 0.2) is 0 Å². The second kappa shape index (κ2) is 6.05. The summed E-state index contributed by atoms with van der Waals surface area (Å²) in [5.74, 6) is 2.26. The molecule has 3 nitrogen and oxygen atoms in total. The Morgan fingerprint density at radius 2 is 2.19 bits per heavy atom. The normalized spacial score (nSPS) is 26.8. The smallest absolute Gasteiger partial charge is 0.224 e. The number of carbonyl (C=O) groups excluding carboxylic acids is 1. The van der Waals surface area contributed by atoms with E-state index in [-0.39, 0.29) is 5.91 Å². The number of fused-ring (bicyclic) bond motifs is 2. The Morgan fingerprint density at radius 3 is 2.81 bits per heavy atom. The molecule has 3 N–H and O–H groups in total. The molecule has 1 aromatic rings. The van der Waals surface area contributed by atoms with Gasteiger partial charge in [0, 0.05) is 16.5 Å². The van der Waals surface area contributed by atoms with E-state index < -0.39 is 0 Å². The third kappa shape index (κ3) is 3.29. The Hall–Kier alpha value is -0.940. The molecule has 112 valence electrons. The van der Waals surface area contributed by atoms with E-state index in [0.717, 1.165) is 21.9 Å². The van der Waals surface area contributed by atoms with E-state index in [1.165, 1.54) is 25.7 Å². The first-order chi connectivity index (χ1) is 10.0. The van der Waals surface area contributed by atoms with Crippen LogP contribution in [0.2, 0.25) is 0 Å². The van der Waals surface area contributed by atoms with Crippen molar-refractivity contribution in [2.75, 3.05) is 5.32 Å². The van der Waals surface area contributed by atoms with Gasteiger partial charge in [-0.25, -0.2) is 0 Å². The molecule has 0 saturated heterocycles. The highest BCUT2D eigenvalue weighted by atomic mass is 79.9. The Morgan fingerprint density at radius 1 is 1.38 bits per heavy atom. The van der Waals surface area contributed by atoms with Crippen molar-refractivity contribution >= 4 is 44.7 Å².